The third-order valence-electron chi connectivity index (χ3n) is 6.86. The first-order chi connectivity index (χ1) is 20.3. The Labute approximate surface area is 246 Å². The van der Waals surface area contributed by atoms with Crippen LogP contribution in [0.25, 0.3) is 10.9 Å². The van der Waals surface area contributed by atoms with Gasteiger partial charge in [-0.2, -0.15) is 11.8 Å². The third-order valence-corrected chi connectivity index (χ3v) is 7.51. The Morgan fingerprint density at radius 2 is 1.38 bits per heavy atom. The van der Waals surface area contributed by atoms with Gasteiger partial charge in [0.2, 0.25) is 11.8 Å². The number of aromatic amines is 1. The summed E-state index contributed by atoms with van der Waals surface area (Å²) in [7, 11) is 0. The molecule has 0 spiro atoms. The van der Waals surface area contributed by atoms with Crippen molar-refractivity contribution in [1.29, 1.82) is 0 Å². The fraction of sp³-hybridized carbons (Fsp3) is 0.258. The number of fused-ring (bicyclic) bond motifs is 1. The predicted molar refractivity (Wildman–Crippen MR) is 163 cm³/mol. The van der Waals surface area contributed by atoms with Crippen molar-refractivity contribution in [1.82, 2.24) is 20.2 Å². The van der Waals surface area contributed by atoms with E-state index in [2.05, 4.69) is 15.6 Å². The Balaban J connectivity index is 1.65. The molecule has 1 heterocycles. The van der Waals surface area contributed by atoms with Crippen LogP contribution in [0.1, 0.15) is 23.6 Å². The van der Waals surface area contributed by atoms with Crippen LogP contribution in [0.2, 0.25) is 0 Å². The molecule has 0 fully saturated rings. The molecule has 0 aliphatic heterocycles. The number of hydrogen-bond donors (Lipinski definition) is 4. The number of amides is 2. The van der Waals surface area contributed by atoms with Gasteiger partial charge in [-0.25, -0.2) is 14.2 Å². The molecule has 3 atom stereocenters. The molecule has 10 nitrogen and oxygen atoms in total. The first-order valence-corrected chi connectivity index (χ1v) is 14.8. The van der Waals surface area contributed by atoms with Gasteiger partial charge in [0, 0.05) is 12.8 Å². The summed E-state index contributed by atoms with van der Waals surface area (Å²) >= 11 is 1.46. The van der Waals surface area contributed by atoms with Gasteiger partial charge in [-0.3, -0.25) is 14.4 Å². The second-order valence-electron chi connectivity index (χ2n) is 9.79. The monoisotopic (exact) mass is 588 g/mol. The lowest BCUT2D eigenvalue weighted by molar-refractivity contribution is -0.142. The number of rotatable bonds is 13. The number of nitrogens with one attached hydrogen (secondary N) is 3. The van der Waals surface area contributed by atoms with Crippen molar-refractivity contribution in [3.63, 3.8) is 0 Å². The SMILES string of the molecule is CSCC[C@H](NC(=O)[C@H](Cc1ccccc1)n1c(=O)[nH]c2ccccc2c1=O)C(=O)N[C@H](Cc1ccccc1)C(=O)O. The summed E-state index contributed by atoms with van der Waals surface area (Å²) in [5, 5.41) is 15.3. The molecule has 11 heteroatoms. The molecule has 4 aromatic rings. The number of carbonyl (C=O) groups is 3. The van der Waals surface area contributed by atoms with E-state index in [9.17, 15) is 29.1 Å². The number of carboxylic acids is 1. The topological polar surface area (TPSA) is 150 Å². The van der Waals surface area contributed by atoms with E-state index in [1.54, 1.807) is 72.8 Å². The van der Waals surface area contributed by atoms with Crippen molar-refractivity contribution in [2.75, 3.05) is 12.0 Å². The maximum Gasteiger partial charge on any atom is 0.329 e. The number of para-hydroxylation sites is 1. The second-order valence-corrected chi connectivity index (χ2v) is 10.8. The molecule has 0 saturated carbocycles. The van der Waals surface area contributed by atoms with Crippen molar-refractivity contribution < 1.29 is 19.5 Å². The van der Waals surface area contributed by atoms with Gasteiger partial charge in [-0.05, 0) is 41.7 Å². The molecule has 0 aliphatic carbocycles. The number of nitrogens with zero attached hydrogens (tertiary/aromatic N) is 1. The van der Waals surface area contributed by atoms with Gasteiger partial charge < -0.3 is 20.7 Å². The average molecular weight is 589 g/mol. The van der Waals surface area contributed by atoms with Gasteiger partial charge in [0.25, 0.3) is 5.56 Å². The van der Waals surface area contributed by atoms with Crippen molar-refractivity contribution in [2.45, 2.75) is 37.4 Å². The maximum absolute atomic E-state index is 13.9. The van der Waals surface area contributed by atoms with E-state index in [1.807, 2.05) is 18.4 Å². The smallest absolute Gasteiger partial charge is 0.329 e. The Bertz CT molecular complexity index is 1660. The quantitative estimate of drug-likeness (QED) is 0.187. The molecule has 218 valence electrons. The number of hydrogen-bond acceptors (Lipinski definition) is 6. The van der Waals surface area contributed by atoms with Crippen LogP contribution in [0, 0.1) is 0 Å². The standard InChI is InChI=1S/C31H32N4O6S/c1-42-17-16-24(27(36)33-25(30(39)40)18-20-10-4-2-5-11-20)32-28(37)26(19-21-12-6-3-7-13-21)35-29(38)22-14-8-9-15-23(22)34-31(35)41/h2-15,24-26H,16-19H2,1H3,(H,32,37)(H,33,36)(H,34,41)(H,39,40)/t24-,25+,26-/m0/s1. The average Bonchev–Trinajstić information content (AvgIpc) is 2.99. The molecule has 0 saturated heterocycles. The van der Waals surface area contributed by atoms with Crippen LogP contribution in [0.5, 0.6) is 0 Å². The highest BCUT2D eigenvalue weighted by molar-refractivity contribution is 7.98. The van der Waals surface area contributed by atoms with E-state index >= 15 is 0 Å². The first-order valence-electron chi connectivity index (χ1n) is 13.4. The molecular weight excluding hydrogens is 556 g/mol. The van der Waals surface area contributed by atoms with E-state index in [1.165, 1.54) is 11.8 Å². The molecule has 0 unspecified atom stereocenters. The number of benzene rings is 3. The van der Waals surface area contributed by atoms with Crippen LogP contribution in [0.4, 0.5) is 0 Å². The van der Waals surface area contributed by atoms with Gasteiger partial charge in [0.15, 0.2) is 0 Å². The van der Waals surface area contributed by atoms with Gasteiger partial charge >= 0.3 is 11.7 Å². The van der Waals surface area contributed by atoms with E-state index < -0.39 is 47.2 Å². The van der Waals surface area contributed by atoms with E-state index in [-0.39, 0.29) is 24.6 Å². The molecule has 1 aromatic heterocycles. The maximum atomic E-state index is 13.9. The van der Waals surface area contributed by atoms with Gasteiger partial charge in [0.05, 0.1) is 10.9 Å². The molecule has 0 aliphatic rings. The van der Waals surface area contributed by atoms with Crippen LogP contribution < -0.4 is 21.9 Å². The van der Waals surface area contributed by atoms with Crippen LogP contribution >= 0.6 is 11.8 Å². The van der Waals surface area contributed by atoms with E-state index in [4.69, 9.17) is 0 Å². The summed E-state index contributed by atoms with van der Waals surface area (Å²) < 4.78 is 0.879. The molecule has 2 amide bonds. The molecule has 3 aromatic carbocycles. The highest BCUT2D eigenvalue weighted by Gasteiger charge is 2.31. The van der Waals surface area contributed by atoms with E-state index in [0.717, 1.165) is 10.1 Å². The lowest BCUT2D eigenvalue weighted by Gasteiger charge is -2.25. The lowest BCUT2D eigenvalue weighted by atomic mass is 10.0. The number of aromatic nitrogens is 2. The van der Waals surface area contributed by atoms with Gasteiger partial charge in [-0.15, -0.1) is 0 Å². The molecule has 42 heavy (non-hydrogen) atoms. The summed E-state index contributed by atoms with van der Waals surface area (Å²) in [6.07, 6.45) is 2.12. The molecule has 0 radical (unpaired) electrons. The van der Waals surface area contributed by atoms with Crippen molar-refractivity contribution in [3.05, 3.63) is 117 Å². The van der Waals surface area contributed by atoms with Crippen LogP contribution in [-0.2, 0) is 27.2 Å². The fourth-order valence-corrected chi connectivity index (χ4v) is 5.16. The lowest BCUT2D eigenvalue weighted by Crippen LogP contribution is -2.54. The minimum absolute atomic E-state index is 0.0105. The van der Waals surface area contributed by atoms with Crippen LogP contribution in [-0.4, -0.2) is 56.5 Å². The number of thioether (sulfide) groups is 1. The Morgan fingerprint density at radius 1 is 0.810 bits per heavy atom. The molecular formula is C31H32N4O6S. The predicted octanol–water partition coefficient (Wildman–Crippen LogP) is 2.52. The molecule has 4 N–H and O–H groups in total. The van der Waals surface area contributed by atoms with Crippen molar-refractivity contribution in [3.8, 4) is 0 Å². The van der Waals surface area contributed by atoms with Crippen LogP contribution in [0.3, 0.4) is 0 Å². The third kappa shape index (κ3) is 7.55. The summed E-state index contributed by atoms with van der Waals surface area (Å²) in [5.41, 5.74) is 0.389. The Kier molecular flexibility index (Phi) is 10.3. The molecule has 0 bridgehead atoms. The summed E-state index contributed by atoms with van der Waals surface area (Å²) in [5.74, 6) is -2.09. The Morgan fingerprint density at radius 3 is 2.00 bits per heavy atom. The summed E-state index contributed by atoms with van der Waals surface area (Å²) in [4.78, 5) is 68.5. The highest BCUT2D eigenvalue weighted by Crippen LogP contribution is 2.15. The minimum Gasteiger partial charge on any atom is -0.480 e. The zero-order valence-corrected chi connectivity index (χ0v) is 23.8. The zero-order valence-electron chi connectivity index (χ0n) is 23.0. The first kappa shape index (κ1) is 30.3. The normalized spacial score (nSPS) is 13.2. The van der Waals surface area contributed by atoms with Gasteiger partial charge in [0.1, 0.15) is 18.1 Å². The zero-order chi connectivity index (χ0) is 30.1. The highest BCUT2D eigenvalue weighted by atomic mass is 32.2. The summed E-state index contributed by atoms with van der Waals surface area (Å²) in [6.45, 7) is 0. The number of aliphatic carboxylic acids is 1. The van der Waals surface area contributed by atoms with E-state index in [0.29, 0.717) is 16.8 Å². The van der Waals surface area contributed by atoms with Crippen molar-refractivity contribution >= 4 is 40.4 Å². The fourth-order valence-electron chi connectivity index (χ4n) is 4.69. The number of carbonyl (C=O) groups excluding carboxylic acids is 2. The van der Waals surface area contributed by atoms with Crippen LogP contribution in [0.15, 0.2) is 94.5 Å². The number of carboxylic acid groups (broad SMARTS) is 1. The Hall–Kier alpha value is -4.64. The van der Waals surface area contributed by atoms with Crippen molar-refractivity contribution in [2.24, 2.45) is 0 Å². The number of H-pyrrole nitrogens is 1. The van der Waals surface area contributed by atoms with Gasteiger partial charge in [-0.1, -0.05) is 72.8 Å². The second kappa shape index (κ2) is 14.3. The summed E-state index contributed by atoms with van der Waals surface area (Å²) in [6, 6.07) is 20.7. The molecule has 4 rings (SSSR count). The minimum atomic E-state index is -1.28. The largest absolute Gasteiger partial charge is 0.480 e.